The van der Waals surface area contributed by atoms with Crippen LogP contribution in [0, 0.1) is 0 Å². The fourth-order valence-corrected chi connectivity index (χ4v) is 2.68. The lowest BCUT2D eigenvalue weighted by atomic mass is 10.1. The maximum absolute atomic E-state index is 12.0. The number of thiazole rings is 1. The molecule has 0 saturated carbocycles. The molecule has 2 rings (SSSR count). The van der Waals surface area contributed by atoms with E-state index in [0.717, 1.165) is 16.3 Å². The molecule has 0 saturated heterocycles. The molecule has 0 aliphatic carbocycles. The van der Waals surface area contributed by atoms with Crippen LogP contribution in [0.3, 0.4) is 0 Å². The minimum atomic E-state index is -0.0422. The standard InChI is InChI=1S/C15H19N3OS/c1-10(2)15-18-13(9-20-15)7-14(19)17-11(3)12-5-4-6-16-8-12/h4-6,8-11H,7H2,1-3H3,(H,17,19)/t11-/m1/s1. The number of rotatable bonds is 5. The molecular formula is C15H19N3OS. The molecule has 0 aromatic carbocycles. The number of amides is 1. The quantitative estimate of drug-likeness (QED) is 0.920. The Bertz CT molecular complexity index is 566. The number of aromatic nitrogens is 2. The van der Waals surface area contributed by atoms with Gasteiger partial charge in [0.1, 0.15) is 0 Å². The second-order valence-electron chi connectivity index (χ2n) is 5.08. The van der Waals surface area contributed by atoms with Gasteiger partial charge in [-0.2, -0.15) is 0 Å². The molecule has 20 heavy (non-hydrogen) atoms. The van der Waals surface area contributed by atoms with E-state index < -0.39 is 0 Å². The third-order valence-electron chi connectivity index (χ3n) is 2.97. The van der Waals surface area contributed by atoms with Gasteiger partial charge in [0.2, 0.25) is 5.91 Å². The molecule has 1 amide bonds. The maximum atomic E-state index is 12.0. The smallest absolute Gasteiger partial charge is 0.226 e. The van der Waals surface area contributed by atoms with Crippen LogP contribution in [-0.2, 0) is 11.2 Å². The SMILES string of the molecule is CC(C)c1nc(CC(=O)N[C@H](C)c2cccnc2)cs1. The largest absolute Gasteiger partial charge is 0.349 e. The van der Waals surface area contributed by atoms with E-state index >= 15 is 0 Å². The van der Waals surface area contributed by atoms with Gasteiger partial charge in [0.05, 0.1) is 23.2 Å². The van der Waals surface area contributed by atoms with Crippen LogP contribution in [0.15, 0.2) is 29.9 Å². The highest BCUT2D eigenvalue weighted by atomic mass is 32.1. The van der Waals surface area contributed by atoms with Gasteiger partial charge in [-0.25, -0.2) is 4.98 Å². The summed E-state index contributed by atoms with van der Waals surface area (Å²) in [5.41, 5.74) is 1.84. The number of carbonyl (C=O) groups excluding carboxylic acids is 1. The number of hydrogen-bond acceptors (Lipinski definition) is 4. The van der Waals surface area contributed by atoms with E-state index in [0.29, 0.717) is 12.3 Å². The van der Waals surface area contributed by atoms with Crippen molar-refractivity contribution >= 4 is 17.2 Å². The number of nitrogens with one attached hydrogen (secondary N) is 1. The number of pyridine rings is 1. The molecule has 2 heterocycles. The fraction of sp³-hybridized carbons (Fsp3) is 0.400. The minimum absolute atomic E-state index is 0.0121. The lowest BCUT2D eigenvalue weighted by Crippen LogP contribution is -2.28. The van der Waals surface area contributed by atoms with E-state index in [4.69, 9.17) is 0 Å². The van der Waals surface area contributed by atoms with E-state index in [9.17, 15) is 4.79 Å². The highest BCUT2D eigenvalue weighted by molar-refractivity contribution is 7.09. The van der Waals surface area contributed by atoms with Crippen molar-refractivity contribution in [2.45, 2.75) is 39.2 Å². The summed E-state index contributed by atoms with van der Waals surface area (Å²) >= 11 is 1.61. The van der Waals surface area contributed by atoms with Gasteiger partial charge in [-0.3, -0.25) is 9.78 Å². The van der Waals surface area contributed by atoms with Gasteiger partial charge in [0.25, 0.3) is 0 Å². The van der Waals surface area contributed by atoms with Crippen molar-refractivity contribution in [2.75, 3.05) is 0 Å². The maximum Gasteiger partial charge on any atom is 0.226 e. The molecule has 0 aliphatic heterocycles. The van der Waals surface area contributed by atoms with Crippen molar-refractivity contribution in [1.29, 1.82) is 0 Å². The van der Waals surface area contributed by atoms with Crippen molar-refractivity contribution in [3.05, 3.63) is 46.2 Å². The fourth-order valence-electron chi connectivity index (χ4n) is 1.84. The monoisotopic (exact) mass is 289 g/mol. The van der Waals surface area contributed by atoms with Crippen LogP contribution < -0.4 is 5.32 Å². The predicted octanol–water partition coefficient (Wildman–Crippen LogP) is 3.08. The predicted molar refractivity (Wildman–Crippen MR) is 80.7 cm³/mol. The van der Waals surface area contributed by atoms with Crippen molar-refractivity contribution in [2.24, 2.45) is 0 Å². The topological polar surface area (TPSA) is 54.9 Å². The molecule has 0 spiro atoms. The number of hydrogen-bond donors (Lipinski definition) is 1. The van der Waals surface area contributed by atoms with Gasteiger partial charge >= 0.3 is 0 Å². The molecule has 2 aromatic heterocycles. The molecule has 0 radical (unpaired) electrons. The van der Waals surface area contributed by atoms with Gasteiger partial charge in [0.15, 0.2) is 0 Å². The van der Waals surface area contributed by atoms with Crippen LogP contribution >= 0.6 is 11.3 Å². The van der Waals surface area contributed by atoms with E-state index in [1.54, 1.807) is 23.7 Å². The van der Waals surface area contributed by atoms with Crippen molar-refractivity contribution in [3.63, 3.8) is 0 Å². The van der Waals surface area contributed by atoms with Crippen LogP contribution in [0.4, 0.5) is 0 Å². The zero-order chi connectivity index (χ0) is 14.5. The molecular weight excluding hydrogens is 270 g/mol. The van der Waals surface area contributed by atoms with Crippen molar-refractivity contribution in [3.8, 4) is 0 Å². The summed E-state index contributed by atoms with van der Waals surface area (Å²) < 4.78 is 0. The zero-order valence-electron chi connectivity index (χ0n) is 12.0. The van der Waals surface area contributed by atoms with E-state index in [1.165, 1.54) is 0 Å². The van der Waals surface area contributed by atoms with Crippen LogP contribution in [0.5, 0.6) is 0 Å². The van der Waals surface area contributed by atoms with Crippen LogP contribution in [0.2, 0.25) is 0 Å². The van der Waals surface area contributed by atoms with Crippen LogP contribution in [0.25, 0.3) is 0 Å². The first kappa shape index (κ1) is 14.7. The summed E-state index contributed by atoms with van der Waals surface area (Å²) in [5, 5.41) is 6.01. The lowest BCUT2D eigenvalue weighted by Gasteiger charge is -2.13. The van der Waals surface area contributed by atoms with E-state index in [-0.39, 0.29) is 11.9 Å². The molecule has 1 N–H and O–H groups in total. The number of carbonyl (C=O) groups is 1. The molecule has 0 aliphatic rings. The molecule has 4 nitrogen and oxygen atoms in total. The Kier molecular flexibility index (Phi) is 4.84. The highest BCUT2D eigenvalue weighted by Crippen LogP contribution is 2.19. The van der Waals surface area contributed by atoms with Gasteiger partial charge in [-0.15, -0.1) is 11.3 Å². The Balaban J connectivity index is 1.92. The van der Waals surface area contributed by atoms with Gasteiger partial charge in [0, 0.05) is 23.7 Å². The summed E-state index contributed by atoms with van der Waals surface area (Å²) in [4.78, 5) is 20.5. The number of nitrogens with zero attached hydrogens (tertiary/aromatic N) is 2. The Morgan fingerprint density at radius 3 is 2.80 bits per heavy atom. The second-order valence-corrected chi connectivity index (χ2v) is 5.97. The van der Waals surface area contributed by atoms with Crippen LogP contribution in [0.1, 0.15) is 49.0 Å². The summed E-state index contributed by atoms with van der Waals surface area (Å²) in [6, 6.07) is 3.78. The first-order valence-electron chi connectivity index (χ1n) is 6.70. The zero-order valence-corrected chi connectivity index (χ0v) is 12.8. The molecule has 106 valence electrons. The van der Waals surface area contributed by atoms with Crippen molar-refractivity contribution < 1.29 is 4.79 Å². The first-order valence-corrected chi connectivity index (χ1v) is 7.58. The third kappa shape index (κ3) is 3.87. The van der Waals surface area contributed by atoms with Gasteiger partial charge < -0.3 is 5.32 Å². The highest BCUT2D eigenvalue weighted by Gasteiger charge is 2.12. The molecule has 2 aromatic rings. The van der Waals surface area contributed by atoms with E-state index in [2.05, 4.69) is 29.1 Å². The van der Waals surface area contributed by atoms with Crippen molar-refractivity contribution in [1.82, 2.24) is 15.3 Å². The summed E-state index contributed by atoms with van der Waals surface area (Å²) in [7, 11) is 0. The lowest BCUT2D eigenvalue weighted by molar-refractivity contribution is -0.121. The summed E-state index contributed by atoms with van der Waals surface area (Å²) in [5.74, 6) is 0.396. The average molecular weight is 289 g/mol. The summed E-state index contributed by atoms with van der Waals surface area (Å²) in [6.45, 7) is 6.16. The molecule has 0 unspecified atom stereocenters. The van der Waals surface area contributed by atoms with Gasteiger partial charge in [-0.1, -0.05) is 19.9 Å². The normalized spacial score (nSPS) is 12.4. The first-order chi connectivity index (χ1) is 9.56. The molecule has 0 bridgehead atoms. The Morgan fingerprint density at radius 1 is 1.40 bits per heavy atom. The molecule has 0 fully saturated rings. The van der Waals surface area contributed by atoms with Crippen LogP contribution in [-0.4, -0.2) is 15.9 Å². The minimum Gasteiger partial charge on any atom is -0.349 e. The van der Waals surface area contributed by atoms with Gasteiger partial charge in [-0.05, 0) is 18.6 Å². The third-order valence-corrected chi connectivity index (χ3v) is 4.16. The van der Waals surface area contributed by atoms with E-state index in [1.807, 2.05) is 24.4 Å². The molecule has 5 heteroatoms. The Hall–Kier alpha value is -1.75. The summed E-state index contributed by atoms with van der Waals surface area (Å²) in [6.07, 6.45) is 3.82. The second kappa shape index (κ2) is 6.61. The average Bonchev–Trinajstić information content (AvgIpc) is 2.88. The molecule has 1 atom stereocenters. The Labute approximate surface area is 123 Å². The Morgan fingerprint density at radius 2 is 2.20 bits per heavy atom.